The minimum atomic E-state index is -0.503. The number of ether oxygens (including phenoxy) is 1. The van der Waals surface area contributed by atoms with Crippen molar-refractivity contribution in [3.8, 4) is 0 Å². The van der Waals surface area contributed by atoms with Crippen LogP contribution in [0.4, 0.5) is 10.5 Å². The highest BCUT2D eigenvalue weighted by Crippen LogP contribution is 2.26. The van der Waals surface area contributed by atoms with Crippen molar-refractivity contribution in [2.45, 2.75) is 46.3 Å². The molecule has 6 nitrogen and oxygen atoms in total. The van der Waals surface area contributed by atoms with Gasteiger partial charge in [-0.1, -0.05) is 48.5 Å². The molecule has 1 atom stereocenters. The molecule has 184 valence electrons. The molecule has 1 fully saturated rings. The lowest BCUT2D eigenvalue weighted by Gasteiger charge is -2.37. The molecule has 4 rings (SSSR count). The Hall–Kier alpha value is -3.54. The first-order valence-electron chi connectivity index (χ1n) is 12.2. The third kappa shape index (κ3) is 5.76. The van der Waals surface area contributed by atoms with Crippen molar-refractivity contribution >= 4 is 28.5 Å². The van der Waals surface area contributed by atoms with Gasteiger partial charge in [0, 0.05) is 37.4 Å². The summed E-state index contributed by atoms with van der Waals surface area (Å²) in [4.78, 5) is 29.6. The van der Waals surface area contributed by atoms with Crippen LogP contribution in [0, 0.1) is 6.92 Å². The number of nitrogens with one attached hydrogen (secondary N) is 1. The van der Waals surface area contributed by atoms with Gasteiger partial charge in [0.1, 0.15) is 5.60 Å². The molecule has 1 heterocycles. The van der Waals surface area contributed by atoms with Gasteiger partial charge in [-0.3, -0.25) is 4.79 Å². The standard InChI is InChI=1S/C29H35N3O3/c1-20-13-14-23(31-15-17-32(18-16-31)28(34)35-29(3,4)5)19-26(20)27(33)30-21(2)24-12-8-10-22-9-6-7-11-25(22)24/h6-14,19,21H,15-18H2,1-5H3,(H,30,33)/t21-/m1/s1. The Kier molecular flexibility index (Phi) is 7.01. The molecule has 1 N–H and O–H groups in total. The van der Waals surface area contributed by atoms with Crippen LogP contribution in [-0.2, 0) is 4.74 Å². The van der Waals surface area contributed by atoms with Crippen LogP contribution in [0.1, 0.15) is 55.2 Å². The van der Waals surface area contributed by atoms with Gasteiger partial charge in [-0.25, -0.2) is 4.79 Å². The van der Waals surface area contributed by atoms with E-state index in [1.54, 1.807) is 4.90 Å². The van der Waals surface area contributed by atoms with E-state index in [0.29, 0.717) is 31.7 Å². The number of hydrogen-bond donors (Lipinski definition) is 1. The summed E-state index contributed by atoms with van der Waals surface area (Å²) >= 11 is 0. The summed E-state index contributed by atoms with van der Waals surface area (Å²) in [5.41, 5.74) is 3.19. The normalized spacial score (nSPS) is 15.1. The third-order valence-corrected chi connectivity index (χ3v) is 6.40. The van der Waals surface area contributed by atoms with Crippen LogP contribution in [0.2, 0.25) is 0 Å². The Morgan fingerprint density at radius 2 is 1.63 bits per heavy atom. The number of rotatable bonds is 4. The Balaban J connectivity index is 1.45. The maximum atomic E-state index is 13.3. The minimum Gasteiger partial charge on any atom is -0.444 e. The predicted octanol–water partition coefficient (Wildman–Crippen LogP) is 5.70. The van der Waals surface area contributed by atoms with Crippen LogP contribution >= 0.6 is 0 Å². The second kappa shape index (κ2) is 9.98. The molecule has 3 aromatic rings. The molecule has 1 aliphatic rings. The third-order valence-electron chi connectivity index (χ3n) is 6.40. The van der Waals surface area contributed by atoms with E-state index < -0.39 is 5.60 Å². The van der Waals surface area contributed by atoms with Crippen molar-refractivity contribution in [3.63, 3.8) is 0 Å². The number of amides is 2. The zero-order valence-electron chi connectivity index (χ0n) is 21.3. The average molecular weight is 474 g/mol. The van der Waals surface area contributed by atoms with E-state index in [1.165, 1.54) is 0 Å². The monoisotopic (exact) mass is 473 g/mol. The number of benzene rings is 3. The van der Waals surface area contributed by atoms with E-state index in [9.17, 15) is 9.59 Å². The lowest BCUT2D eigenvalue weighted by molar-refractivity contribution is 0.0240. The van der Waals surface area contributed by atoms with Gasteiger partial charge in [0.2, 0.25) is 0 Å². The number of hydrogen-bond acceptors (Lipinski definition) is 4. The molecule has 0 saturated carbocycles. The number of carbonyl (C=O) groups excluding carboxylic acids is 2. The average Bonchev–Trinajstić information content (AvgIpc) is 2.83. The molecule has 1 aliphatic heterocycles. The Morgan fingerprint density at radius 1 is 0.943 bits per heavy atom. The molecule has 1 saturated heterocycles. The van der Waals surface area contributed by atoms with Crippen LogP contribution in [0.25, 0.3) is 10.8 Å². The molecule has 0 bridgehead atoms. The van der Waals surface area contributed by atoms with Crippen molar-refractivity contribution in [1.82, 2.24) is 10.2 Å². The molecular weight excluding hydrogens is 438 g/mol. The first-order chi connectivity index (χ1) is 16.6. The molecule has 2 amide bonds. The molecule has 3 aromatic carbocycles. The molecule has 0 unspecified atom stereocenters. The Morgan fingerprint density at radius 3 is 2.34 bits per heavy atom. The highest BCUT2D eigenvalue weighted by molar-refractivity contribution is 5.97. The topological polar surface area (TPSA) is 61.9 Å². The van der Waals surface area contributed by atoms with E-state index in [2.05, 4.69) is 34.5 Å². The number of aryl methyl sites for hydroxylation is 1. The number of nitrogens with zero attached hydrogens (tertiary/aromatic N) is 2. The zero-order valence-corrected chi connectivity index (χ0v) is 21.3. The molecule has 35 heavy (non-hydrogen) atoms. The summed E-state index contributed by atoms with van der Waals surface area (Å²) in [5, 5.41) is 5.50. The van der Waals surface area contributed by atoms with E-state index >= 15 is 0 Å². The van der Waals surface area contributed by atoms with Gasteiger partial charge < -0.3 is 19.9 Å². The quantitative estimate of drug-likeness (QED) is 0.528. The van der Waals surface area contributed by atoms with Gasteiger partial charge in [-0.15, -0.1) is 0 Å². The van der Waals surface area contributed by atoms with Gasteiger partial charge in [0.25, 0.3) is 5.91 Å². The molecule has 6 heteroatoms. The molecular formula is C29H35N3O3. The van der Waals surface area contributed by atoms with Crippen molar-refractivity contribution in [2.24, 2.45) is 0 Å². The van der Waals surface area contributed by atoms with Crippen LogP contribution in [0.5, 0.6) is 0 Å². The van der Waals surface area contributed by atoms with Crippen LogP contribution in [0.3, 0.4) is 0 Å². The molecule has 0 aliphatic carbocycles. The maximum absolute atomic E-state index is 13.3. The van der Waals surface area contributed by atoms with Crippen LogP contribution < -0.4 is 10.2 Å². The minimum absolute atomic E-state index is 0.0859. The van der Waals surface area contributed by atoms with Gasteiger partial charge in [0.05, 0.1) is 6.04 Å². The second-order valence-electron chi connectivity index (χ2n) is 10.2. The van der Waals surface area contributed by atoms with Gasteiger partial charge in [0.15, 0.2) is 0 Å². The summed E-state index contributed by atoms with van der Waals surface area (Å²) in [7, 11) is 0. The van der Waals surface area contributed by atoms with Gasteiger partial charge >= 0.3 is 6.09 Å². The van der Waals surface area contributed by atoms with E-state index in [-0.39, 0.29) is 18.0 Å². The summed E-state index contributed by atoms with van der Waals surface area (Å²) in [6.07, 6.45) is -0.274. The molecule has 0 spiro atoms. The number of carbonyl (C=O) groups is 2. The first kappa shape index (κ1) is 24.6. The Bertz CT molecular complexity index is 1220. The smallest absolute Gasteiger partial charge is 0.410 e. The number of piperazine rings is 1. The highest BCUT2D eigenvalue weighted by Gasteiger charge is 2.26. The maximum Gasteiger partial charge on any atom is 0.410 e. The van der Waals surface area contributed by atoms with Crippen molar-refractivity contribution in [3.05, 3.63) is 77.4 Å². The molecule has 0 aromatic heterocycles. The summed E-state index contributed by atoms with van der Waals surface area (Å²) in [6.45, 7) is 12.2. The van der Waals surface area contributed by atoms with E-state index in [4.69, 9.17) is 4.74 Å². The zero-order chi connectivity index (χ0) is 25.2. The fourth-order valence-corrected chi connectivity index (χ4v) is 4.51. The highest BCUT2D eigenvalue weighted by atomic mass is 16.6. The predicted molar refractivity (Wildman–Crippen MR) is 141 cm³/mol. The fraction of sp³-hybridized carbons (Fsp3) is 0.379. The first-order valence-corrected chi connectivity index (χ1v) is 12.2. The lowest BCUT2D eigenvalue weighted by atomic mass is 9.99. The second-order valence-corrected chi connectivity index (χ2v) is 10.2. The summed E-state index contributed by atoms with van der Waals surface area (Å²) in [5.74, 6) is -0.0859. The summed E-state index contributed by atoms with van der Waals surface area (Å²) < 4.78 is 5.50. The van der Waals surface area contributed by atoms with Crippen molar-refractivity contribution in [1.29, 1.82) is 0 Å². The number of anilines is 1. The van der Waals surface area contributed by atoms with Gasteiger partial charge in [-0.05, 0) is 68.7 Å². The van der Waals surface area contributed by atoms with Gasteiger partial charge in [-0.2, -0.15) is 0 Å². The SMILES string of the molecule is Cc1ccc(N2CCN(C(=O)OC(C)(C)C)CC2)cc1C(=O)N[C@H](C)c1cccc2ccccc12. The Labute approximate surface area is 207 Å². The number of fused-ring (bicyclic) bond motifs is 1. The fourth-order valence-electron chi connectivity index (χ4n) is 4.51. The van der Waals surface area contributed by atoms with Crippen molar-refractivity contribution < 1.29 is 14.3 Å². The largest absolute Gasteiger partial charge is 0.444 e. The van der Waals surface area contributed by atoms with Crippen molar-refractivity contribution in [2.75, 3.05) is 31.1 Å². The summed E-state index contributed by atoms with van der Waals surface area (Å²) in [6, 6.07) is 20.3. The molecule has 0 radical (unpaired) electrons. The van der Waals surface area contributed by atoms with E-state index in [1.807, 2.05) is 71.0 Å². The lowest BCUT2D eigenvalue weighted by Crippen LogP contribution is -2.50. The van der Waals surface area contributed by atoms with Crippen LogP contribution in [-0.4, -0.2) is 48.7 Å². The van der Waals surface area contributed by atoms with Crippen LogP contribution in [0.15, 0.2) is 60.7 Å². The van der Waals surface area contributed by atoms with E-state index in [0.717, 1.165) is 27.6 Å².